The lowest BCUT2D eigenvalue weighted by atomic mass is 10.0. The first-order chi connectivity index (χ1) is 9.49. The second-order valence-corrected chi connectivity index (χ2v) is 6.20. The molecule has 114 valence electrons. The summed E-state index contributed by atoms with van der Waals surface area (Å²) in [5.74, 6) is 0.741. The number of hydrogen-bond donors (Lipinski definition) is 1. The van der Waals surface area contributed by atoms with Crippen molar-refractivity contribution in [3.8, 4) is 0 Å². The first kappa shape index (κ1) is 17.0. The molecule has 0 saturated heterocycles. The predicted molar refractivity (Wildman–Crippen MR) is 90.5 cm³/mol. The van der Waals surface area contributed by atoms with Crippen LogP contribution in [0.4, 0.5) is 5.69 Å². The van der Waals surface area contributed by atoms with E-state index in [0.717, 1.165) is 18.9 Å². The zero-order valence-corrected chi connectivity index (χ0v) is 14.1. The van der Waals surface area contributed by atoms with Gasteiger partial charge in [-0.3, -0.25) is 0 Å². The minimum Gasteiger partial charge on any atom is -0.372 e. The fraction of sp³-hybridized carbons (Fsp3) is 0.667. The molecule has 0 fully saturated rings. The average molecular weight is 276 g/mol. The summed E-state index contributed by atoms with van der Waals surface area (Å²) >= 11 is 0. The van der Waals surface area contributed by atoms with Crippen molar-refractivity contribution in [2.45, 2.75) is 59.5 Å². The van der Waals surface area contributed by atoms with Gasteiger partial charge in [0, 0.05) is 24.8 Å². The molecule has 2 nitrogen and oxygen atoms in total. The summed E-state index contributed by atoms with van der Waals surface area (Å²) in [4.78, 5) is 2.39. The molecule has 1 rings (SSSR count). The zero-order chi connectivity index (χ0) is 15.1. The summed E-state index contributed by atoms with van der Waals surface area (Å²) in [6.45, 7) is 12.3. The third-order valence-corrected chi connectivity index (χ3v) is 4.04. The van der Waals surface area contributed by atoms with Gasteiger partial charge in [0.2, 0.25) is 0 Å². The number of benzene rings is 1. The van der Waals surface area contributed by atoms with Crippen molar-refractivity contribution in [3.63, 3.8) is 0 Å². The van der Waals surface area contributed by atoms with E-state index >= 15 is 0 Å². The minimum absolute atomic E-state index is 0.479. The van der Waals surface area contributed by atoms with E-state index in [0.29, 0.717) is 12.1 Å². The molecule has 0 radical (unpaired) electrons. The molecule has 0 saturated carbocycles. The fourth-order valence-electron chi connectivity index (χ4n) is 2.78. The van der Waals surface area contributed by atoms with Gasteiger partial charge in [-0.05, 0) is 49.9 Å². The third kappa shape index (κ3) is 4.82. The van der Waals surface area contributed by atoms with Crippen LogP contribution in [0.2, 0.25) is 0 Å². The van der Waals surface area contributed by atoms with Gasteiger partial charge in [-0.1, -0.05) is 39.8 Å². The van der Waals surface area contributed by atoms with Crippen LogP contribution in [0.25, 0.3) is 0 Å². The van der Waals surface area contributed by atoms with Crippen molar-refractivity contribution < 1.29 is 0 Å². The SMILES string of the molecule is CCNC(CC)c1ccc(N(C)C(C)CC(C)C)cc1. The summed E-state index contributed by atoms with van der Waals surface area (Å²) in [7, 11) is 2.20. The summed E-state index contributed by atoms with van der Waals surface area (Å²) in [6.07, 6.45) is 2.36. The smallest absolute Gasteiger partial charge is 0.0366 e. The molecule has 0 aliphatic carbocycles. The monoisotopic (exact) mass is 276 g/mol. The fourth-order valence-corrected chi connectivity index (χ4v) is 2.78. The molecule has 0 bridgehead atoms. The molecule has 1 aromatic carbocycles. The van der Waals surface area contributed by atoms with Gasteiger partial charge in [0.1, 0.15) is 0 Å². The van der Waals surface area contributed by atoms with E-state index in [9.17, 15) is 0 Å². The van der Waals surface area contributed by atoms with Crippen molar-refractivity contribution >= 4 is 5.69 Å². The van der Waals surface area contributed by atoms with Crippen LogP contribution < -0.4 is 10.2 Å². The molecular formula is C18H32N2. The van der Waals surface area contributed by atoms with Crippen LogP contribution in [0.15, 0.2) is 24.3 Å². The maximum atomic E-state index is 3.53. The van der Waals surface area contributed by atoms with E-state index in [-0.39, 0.29) is 0 Å². The molecule has 2 heteroatoms. The van der Waals surface area contributed by atoms with Crippen LogP contribution in [0.5, 0.6) is 0 Å². The average Bonchev–Trinajstić information content (AvgIpc) is 2.43. The standard InChI is InChI=1S/C18H32N2/c1-7-18(19-8-2)16-9-11-17(12-10-16)20(6)15(5)13-14(3)4/h9-12,14-15,18-19H,7-8,13H2,1-6H3. The van der Waals surface area contributed by atoms with Crippen LogP contribution in [0, 0.1) is 5.92 Å². The van der Waals surface area contributed by atoms with Crippen molar-refractivity contribution in [3.05, 3.63) is 29.8 Å². The molecule has 0 amide bonds. The van der Waals surface area contributed by atoms with Crippen molar-refractivity contribution in [1.82, 2.24) is 5.32 Å². The van der Waals surface area contributed by atoms with E-state index in [1.807, 2.05) is 0 Å². The molecule has 0 spiro atoms. The second-order valence-electron chi connectivity index (χ2n) is 6.20. The van der Waals surface area contributed by atoms with Gasteiger partial charge in [0.15, 0.2) is 0 Å². The molecule has 1 aromatic rings. The normalized spacial score (nSPS) is 14.3. The van der Waals surface area contributed by atoms with Gasteiger partial charge in [0.05, 0.1) is 0 Å². The Bertz CT molecular complexity index is 370. The van der Waals surface area contributed by atoms with Gasteiger partial charge < -0.3 is 10.2 Å². The van der Waals surface area contributed by atoms with Gasteiger partial charge in [-0.15, -0.1) is 0 Å². The third-order valence-electron chi connectivity index (χ3n) is 4.04. The summed E-state index contributed by atoms with van der Waals surface area (Å²) < 4.78 is 0. The Balaban J connectivity index is 2.74. The minimum atomic E-state index is 0.479. The molecule has 20 heavy (non-hydrogen) atoms. The molecule has 0 aromatic heterocycles. The number of anilines is 1. The first-order valence-corrected chi connectivity index (χ1v) is 8.05. The van der Waals surface area contributed by atoms with Crippen molar-refractivity contribution in [1.29, 1.82) is 0 Å². The van der Waals surface area contributed by atoms with Gasteiger partial charge >= 0.3 is 0 Å². The Labute approximate surface area is 125 Å². The summed E-state index contributed by atoms with van der Waals surface area (Å²) in [5, 5.41) is 3.53. The molecule has 1 N–H and O–H groups in total. The van der Waals surface area contributed by atoms with Crippen molar-refractivity contribution in [2.24, 2.45) is 5.92 Å². The molecule has 2 atom stereocenters. The van der Waals surface area contributed by atoms with Crippen LogP contribution in [0.1, 0.15) is 59.1 Å². The number of nitrogens with zero attached hydrogens (tertiary/aromatic N) is 1. The van der Waals surface area contributed by atoms with E-state index in [2.05, 4.69) is 76.1 Å². The highest BCUT2D eigenvalue weighted by Crippen LogP contribution is 2.23. The highest BCUT2D eigenvalue weighted by atomic mass is 15.1. The topological polar surface area (TPSA) is 15.3 Å². The summed E-state index contributed by atoms with van der Waals surface area (Å²) in [5.41, 5.74) is 2.70. The Hall–Kier alpha value is -1.02. The van der Waals surface area contributed by atoms with Gasteiger partial charge in [-0.25, -0.2) is 0 Å². The molecule has 0 aliphatic heterocycles. The maximum absolute atomic E-state index is 3.53. The lowest BCUT2D eigenvalue weighted by Crippen LogP contribution is -2.30. The molecular weight excluding hydrogens is 244 g/mol. The van der Waals surface area contributed by atoms with E-state index in [4.69, 9.17) is 0 Å². The number of hydrogen-bond acceptors (Lipinski definition) is 2. The second kappa shape index (κ2) is 8.31. The van der Waals surface area contributed by atoms with Crippen LogP contribution in [-0.2, 0) is 0 Å². The van der Waals surface area contributed by atoms with Crippen LogP contribution >= 0.6 is 0 Å². The number of rotatable bonds is 8. The Kier molecular flexibility index (Phi) is 7.08. The Morgan fingerprint density at radius 3 is 2.10 bits per heavy atom. The molecule has 0 heterocycles. The molecule has 2 unspecified atom stereocenters. The first-order valence-electron chi connectivity index (χ1n) is 8.05. The van der Waals surface area contributed by atoms with Crippen LogP contribution in [0.3, 0.4) is 0 Å². The van der Waals surface area contributed by atoms with Crippen LogP contribution in [-0.4, -0.2) is 19.6 Å². The highest BCUT2D eigenvalue weighted by Gasteiger charge is 2.13. The highest BCUT2D eigenvalue weighted by molar-refractivity contribution is 5.48. The lowest BCUT2D eigenvalue weighted by Gasteiger charge is -2.29. The Morgan fingerprint density at radius 1 is 1.05 bits per heavy atom. The largest absolute Gasteiger partial charge is 0.372 e. The zero-order valence-electron chi connectivity index (χ0n) is 14.1. The number of nitrogens with one attached hydrogen (secondary N) is 1. The van der Waals surface area contributed by atoms with E-state index in [1.54, 1.807) is 0 Å². The maximum Gasteiger partial charge on any atom is 0.0366 e. The summed E-state index contributed by atoms with van der Waals surface area (Å²) in [6, 6.07) is 10.1. The lowest BCUT2D eigenvalue weighted by molar-refractivity contribution is 0.504. The predicted octanol–water partition coefficient (Wildman–Crippen LogP) is 4.62. The van der Waals surface area contributed by atoms with Crippen molar-refractivity contribution in [2.75, 3.05) is 18.5 Å². The van der Waals surface area contributed by atoms with Gasteiger partial charge in [-0.2, -0.15) is 0 Å². The molecule has 0 aliphatic rings. The quantitative estimate of drug-likeness (QED) is 0.745. The van der Waals surface area contributed by atoms with E-state index in [1.165, 1.54) is 17.7 Å². The van der Waals surface area contributed by atoms with Gasteiger partial charge in [0.25, 0.3) is 0 Å². The van der Waals surface area contributed by atoms with E-state index < -0.39 is 0 Å². The Morgan fingerprint density at radius 2 is 1.65 bits per heavy atom.